The van der Waals surface area contributed by atoms with Crippen molar-refractivity contribution in [3.05, 3.63) is 95.4 Å². The number of hydrogen-bond acceptors (Lipinski definition) is 7. The van der Waals surface area contributed by atoms with Crippen molar-refractivity contribution >= 4 is 28.9 Å². The van der Waals surface area contributed by atoms with Crippen molar-refractivity contribution < 1.29 is 18.0 Å². The first-order valence-corrected chi connectivity index (χ1v) is 13.7. The molecule has 0 spiro atoms. The Labute approximate surface area is 248 Å². The Bertz CT molecular complexity index is 1590. The second-order valence-corrected chi connectivity index (χ2v) is 10.8. The van der Waals surface area contributed by atoms with E-state index >= 15 is 0 Å². The lowest BCUT2D eigenvalue weighted by molar-refractivity contribution is -0.138. The number of anilines is 3. The molecule has 2 heterocycles. The van der Waals surface area contributed by atoms with Crippen LogP contribution in [0.1, 0.15) is 40.4 Å². The predicted molar refractivity (Wildman–Crippen MR) is 163 cm³/mol. The minimum absolute atomic E-state index is 0.0264. The lowest BCUT2D eigenvalue weighted by Gasteiger charge is -2.19. The van der Waals surface area contributed by atoms with Gasteiger partial charge in [-0.05, 0) is 86.9 Å². The fourth-order valence-electron chi connectivity index (χ4n) is 4.80. The number of halogens is 3. The molecule has 1 atom stereocenters. The number of aromatic nitrogens is 3. The summed E-state index contributed by atoms with van der Waals surface area (Å²) in [4.78, 5) is 28.0. The zero-order chi connectivity index (χ0) is 31.1. The Kier molecular flexibility index (Phi) is 9.87. The largest absolute Gasteiger partial charge is 0.416 e. The van der Waals surface area contributed by atoms with Crippen LogP contribution in [0.5, 0.6) is 0 Å². The standard InChI is InChI=1S/C32H34F3N7O/c1-20(19-42(3)4)14-25(36)15-22-8-9-23(16-27(22)32(33,34)35)30(43)39-26-10-7-21(2)29(17-26)41-31-38-13-11-28(40-31)24-6-5-12-37-18-24/h5-13,16-18,20,36H,14-15,19H2,1-4H3,(H,39,43)(H,38,40,41)/t20-/m1/s1. The van der Waals surface area contributed by atoms with Crippen molar-refractivity contribution in [3.63, 3.8) is 0 Å². The van der Waals surface area contributed by atoms with Gasteiger partial charge in [0.25, 0.3) is 5.91 Å². The molecular weight excluding hydrogens is 555 g/mol. The number of pyridine rings is 1. The average Bonchev–Trinajstić information content (AvgIpc) is 2.94. The van der Waals surface area contributed by atoms with Crippen molar-refractivity contribution in [2.45, 2.75) is 32.9 Å². The highest BCUT2D eigenvalue weighted by atomic mass is 19.4. The smallest absolute Gasteiger partial charge is 0.324 e. The van der Waals surface area contributed by atoms with Gasteiger partial charge in [0.1, 0.15) is 0 Å². The fourth-order valence-corrected chi connectivity index (χ4v) is 4.80. The molecule has 0 saturated heterocycles. The van der Waals surface area contributed by atoms with E-state index in [9.17, 15) is 18.0 Å². The van der Waals surface area contributed by atoms with Gasteiger partial charge in [-0.25, -0.2) is 9.97 Å². The van der Waals surface area contributed by atoms with E-state index in [4.69, 9.17) is 5.41 Å². The van der Waals surface area contributed by atoms with Gasteiger partial charge in [-0.1, -0.05) is 19.1 Å². The van der Waals surface area contributed by atoms with Gasteiger partial charge in [-0.15, -0.1) is 0 Å². The Balaban J connectivity index is 1.50. The zero-order valence-corrected chi connectivity index (χ0v) is 24.5. The van der Waals surface area contributed by atoms with E-state index in [1.54, 1.807) is 42.9 Å². The Morgan fingerprint density at radius 1 is 1.07 bits per heavy atom. The number of nitrogens with one attached hydrogen (secondary N) is 3. The van der Waals surface area contributed by atoms with E-state index in [2.05, 4.69) is 25.6 Å². The quantitative estimate of drug-likeness (QED) is 0.163. The molecule has 0 fully saturated rings. The third-order valence-corrected chi connectivity index (χ3v) is 6.71. The number of carbonyl (C=O) groups excluding carboxylic acids is 1. The lowest BCUT2D eigenvalue weighted by Crippen LogP contribution is -2.22. The maximum atomic E-state index is 14.0. The van der Waals surface area contributed by atoms with E-state index < -0.39 is 17.6 Å². The molecule has 4 aromatic rings. The number of nitrogens with zero attached hydrogens (tertiary/aromatic N) is 4. The molecule has 43 heavy (non-hydrogen) atoms. The van der Waals surface area contributed by atoms with Gasteiger partial charge in [0.15, 0.2) is 0 Å². The molecule has 4 rings (SSSR count). The van der Waals surface area contributed by atoms with E-state index in [1.165, 1.54) is 12.1 Å². The summed E-state index contributed by atoms with van der Waals surface area (Å²) in [6.07, 6.45) is 0.568. The van der Waals surface area contributed by atoms with E-state index in [-0.39, 0.29) is 29.2 Å². The van der Waals surface area contributed by atoms with E-state index in [0.29, 0.717) is 29.4 Å². The van der Waals surface area contributed by atoms with Crippen molar-refractivity contribution in [2.75, 3.05) is 31.3 Å². The summed E-state index contributed by atoms with van der Waals surface area (Å²) in [5.74, 6) is -0.219. The van der Waals surface area contributed by atoms with Gasteiger partial charge in [0, 0.05) is 59.8 Å². The molecule has 224 valence electrons. The van der Waals surface area contributed by atoms with Crippen LogP contribution >= 0.6 is 0 Å². The first kappa shape index (κ1) is 31.3. The summed E-state index contributed by atoms with van der Waals surface area (Å²) in [6, 6.07) is 14.1. The molecule has 8 nitrogen and oxygen atoms in total. The Hall–Kier alpha value is -4.64. The monoisotopic (exact) mass is 589 g/mol. The summed E-state index contributed by atoms with van der Waals surface area (Å²) in [5.41, 5.74) is 2.49. The van der Waals surface area contributed by atoms with E-state index in [1.807, 2.05) is 45.0 Å². The van der Waals surface area contributed by atoms with Gasteiger partial charge in [0.2, 0.25) is 5.95 Å². The van der Waals surface area contributed by atoms with Crippen molar-refractivity contribution in [2.24, 2.45) is 5.92 Å². The molecular formula is C32H34F3N7O. The topological polar surface area (TPSA) is 107 Å². The van der Waals surface area contributed by atoms with Gasteiger partial charge >= 0.3 is 6.18 Å². The Morgan fingerprint density at radius 2 is 1.86 bits per heavy atom. The van der Waals surface area contributed by atoms with Gasteiger partial charge in [-0.2, -0.15) is 13.2 Å². The number of amides is 1. The van der Waals surface area contributed by atoms with Crippen LogP contribution in [0, 0.1) is 18.3 Å². The van der Waals surface area contributed by atoms with Crippen LogP contribution in [0.3, 0.4) is 0 Å². The highest BCUT2D eigenvalue weighted by molar-refractivity contribution is 6.04. The Morgan fingerprint density at radius 3 is 2.56 bits per heavy atom. The van der Waals surface area contributed by atoms with Crippen LogP contribution in [0.25, 0.3) is 11.3 Å². The van der Waals surface area contributed by atoms with Crippen LogP contribution in [-0.4, -0.2) is 52.1 Å². The molecule has 0 aliphatic carbocycles. The maximum Gasteiger partial charge on any atom is 0.416 e. The van der Waals surface area contributed by atoms with Crippen molar-refractivity contribution in [1.82, 2.24) is 19.9 Å². The van der Waals surface area contributed by atoms with Crippen LogP contribution in [-0.2, 0) is 12.6 Å². The number of hydrogen-bond donors (Lipinski definition) is 3. The summed E-state index contributed by atoms with van der Waals surface area (Å²) in [5, 5.41) is 14.1. The molecule has 3 N–H and O–H groups in total. The molecule has 0 unspecified atom stereocenters. The van der Waals surface area contributed by atoms with Gasteiger partial charge < -0.3 is 20.9 Å². The molecule has 11 heteroatoms. The molecule has 2 aromatic heterocycles. The summed E-state index contributed by atoms with van der Waals surface area (Å²) in [7, 11) is 3.83. The number of carbonyl (C=O) groups is 1. The maximum absolute atomic E-state index is 14.0. The number of benzene rings is 2. The molecule has 1 amide bonds. The second-order valence-electron chi connectivity index (χ2n) is 10.8. The first-order valence-electron chi connectivity index (χ1n) is 13.7. The lowest BCUT2D eigenvalue weighted by atomic mass is 9.94. The summed E-state index contributed by atoms with van der Waals surface area (Å²) >= 11 is 0. The SMILES string of the molecule is Cc1ccc(NC(=O)c2ccc(CC(=N)C[C@@H](C)CN(C)C)c(C(F)(F)F)c2)cc1Nc1nccc(-c2cccnc2)n1. The highest BCUT2D eigenvalue weighted by Crippen LogP contribution is 2.34. The average molecular weight is 590 g/mol. The molecule has 0 aliphatic rings. The number of alkyl halides is 3. The second kappa shape index (κ2) is 13.6. The van der Waals surface area contributed by atoms with Crippen LogP contribution in [0.15, 0.2) is 73.2 Å². The van der Waals surface area contributed by atoms with Gasteiger partial charge in [0.05, 0.1) is 11.3 Å². The molecule has 2 aromatic carbocycles. The predicted octanol–water partition coefficient (Wildman–Crippen LogP) is 7.01. The fraction of sp³-hybridized carbons (Fsp3) is 0.281. The normalized spacial score (nSPS) is 12.2. The third-order valence-electron chi connectivity index (χ3n) is 6.71. The van der Waals surface area contributed by atoms with Crippen LogP contribution in [0.4, 0.5) is 30.5 Å². The highest BCUT2D eigenvalue weighted by Gasteiger charge is 2.34. The minimum atomic E-state index is -4.67. The summed E-state index contributed by atoms with van der Waals surface area (Å²) < 4.78 is 42.0. The number of aryl methyl sites for hydroxylation is 1. The van der Waals surface area contributed by atoms with Gasteiger partial charge in [-0.3, -0.25) is 9.78 Å². The summed E-state index contributed by atoms with van der Waals surface area (Å²) in [6.45, 7) is 4.56. The first-order chi connectivity index (χ1) is 20.4. The van der Waals surface area contributed by atoms with Crippen LogP contribution < -0.4 is 10.6 Å². The molecule has 0 saturated carbocycles. The minimum Gasteiger partial charge on any atom is -0.324 e. The molecule has 0 aliphatic heterocycles. The number of rotatable bonds is 11. The van der Waals surface area contributed by atoms with E-state index in [0.717, 1.165) is 23.7 Å². The molecule has 0 radical (unpaired) electrons. The van der Waals surface area contributed by atoms with Crippen molar-refractivity contribution in [1.29, 1.82) is 5.41 Å². The zero-order valence-electron chi connectivity index (χ0n) is 24.5. The third kappa shape index (κ3) is 8.68. The van der Waals surface area contributed by atoms with Crippen LogP contribution in [0.2, 0.25) is 0 Å². The molecule has 0 bridgehead atoms. The van der Waals surface area contributed by atoms with Crippen molar-refractivity contribution in [3.8, 4) is 11.3 Å².